The summed E-state index contributed by atoms with van der Waals surface area (Å²) in [7, 11) is 3.32. The monoisotopic (exact) mass is 241 g/mol. The quantitative estimate of drug-likeness (QED) is 0.806. The molecule has 0 amide bonds. The van der Waals surface area contributed by atoms with Gasteiger partial charge < -0.3 is 10.1 Å². The van der Waals surface area contributed by atoms with Crippen molar-refractivity contribution in [2.75, 3.05) is 14.2 Å². The maximum Gasteiger partial charge on any atom is 0.179 e. The summed E-state index contributed by atoms with van der Waals surface area (Å²) in [5, 5.41) is 3.43. The zero-order valence-corrected chi connectivity index (χ0v) is 10.5. The molecule has 0 aromatic heterocycles. The van der Waals surface area contributed by atoms with Crippen molar-refractivity contribution >= 4 is 17.4 Å². The Hall–Kier alpha value is -1.06. The molecule has 3 nitrogen and oxygen atoms in total. The summed E-state index contributed by atoms with van der Waals surface area (Å²) in [5.74, 6) is 0.630. The van der Waals surface area contributed by atoms with Gasteiger partial charge >= 0.3 is 0 Å². The van der Waals surface area contributed by atoms with Gasteiger partial charge in [0.2, 0.25) is 0 Å². The molecule has 0 aliphatic carbocycles. The highest BCUT2D eigenvalue weighted by Gasteiger charge is 2.17. The van der Waals surface area contributed by atoms with Crippen molar-refractivity contribution in [2.24, 2.45) is 0 Å². The molecule has 1 rings (SSSR count). The first-order chi connectivity index (χ1) is 7.63. The fraction of sp³-hybridized carbons (Fsp3) is 0.417. The van der Waals surface area contributed by atoms with Crippen molar-refractivity contribution in [1.82, 2.24) is 5.32 Å². The van der Waals surface area contributed by atoms with Gasteiger partial charge in [-0.15, -0.1) is 0 Å². The predicted molar refractivity (Wildman–Crippen MR) is 65.5 cm³/mol. The van der Waals surface area contributed by atoms with Crippen molar-refractivity contribution in [3.63, 3.8) is 0 Å². The Bertz CT molecular complexity index is 375. The van der Waals surface area contributed by atoms with Gasteiger partial charge in [0, 0.05) is 5.56 Å². The number of halogens is 1. The van der Waals surface area contributed by atoms with E-state index in [-0.39, 0.29) is 11.8 Å². The van der Waals surface area contributed by atoms with E-state index in [1.165, 1.54) is 0 Å². The van der Waals surface area contributed by atoms with Crippen molar-refractivity contribution in [3.8, 4) is 5.75 Å². The van der Waals surface area contributed by atoms with E-state index in [1.807, 2.05) is 6.92 Å². The van der Waals surface area contributed by atoms with E-state index >= 15 is 0 Å². The van der Waals surface area contributed by atoms with Crippen LogP contribution in [0.5, 0.6) is 5.75 Å². The zero-order chi connectivity index (χ0) is 12.1. The number of likely N-dealkylation sites (N-methyl/N-ethyl adjacent to an activating group) is 1. The van der Waals surface area contributed by atoms with Crippen molar-refractivity contribution < 1.29 is 9.53 Å². The number of rotatable bonds is 5. The number of methoxy groups -OCH3 is 1. The lowest BCUT2D eigenvalue weighted by Gasteiger charge is -2.13. The fourth-order valence-corrected chi connectivity index (χ4v) is 1.80. The summed E-state index contributed by atoms with van der Waals surface area (Å²) in [6.45, 7) is 1.96. The molecule has 0 saturated heterocycles. The SMILES string of the molecule is CCC(NC)C(=O)c1ccc(OC)c(Cl)c1. The predicted octanol–water partition coefficient (Wildman–Crippen LogP) is 2.53. The minimum absolute atomic E-state index is 0.0505. The topological polar surface area (TPSA) is 38.3 Å². The van der Waals surface area contributed by atoms with Crippen LogP contribution in [-0.4, -0.2) is 26.0 Å². The van der Waals surface area contributed by atoms with Crippen LogP contribution in [-0.2, 0) is 0 Å². The Morgan fingerprint density at radius 2 is 2.25 bits per heavy atom. The van der Waals surface area contributed by atoms with Crippen LogP contribution >= 0.6 is 11.6 Å². The van der Waals surface area contributed by atoms with Crippen LogP contribution in [0.1, 0.15) is 23.7 Å². The van der Waals surface area contributed by atoms with Gasteiger partial charge in [-0.05, 0) is 31.7 Å². The Morgan fingerprint density at radius 1 is 1.56 bits per heavy atom. The molecule has 1 atom stereocenters. The molecule has 0 spiro atoms. The van der Waals surface area contributed by atoms with E-state index in [0.29, 0.717) is 16.3 Å². The number of Topliss-reactive ketones (excluding diaryl/α,β-unsaturated/α-hetero) is 1. The Morgan fingerprint density at radius 3 is 2.69 bits per heavy atom. The third kappa shape index (κ3) is 2.74. The van der Waals surface area contributed by atoms with Gasteiger partial charge in [0.25, 0.3) is 0 Å². The molecule has 4 heteroatoms. The Kier molecular flexibility index (Phi) is 4.77. The molecule has 0 bridgehead atoms. The minimum atomic E-state index is -0.163. The number of carbonyl (C=O) groups is 1. The smallest absolute Gasteiger partial charge is 0.179 e. The van der Waals surface area contributed by atoms with Crippen molar-refractivity contribution in [1.29, 1.82) is 0 Å². The summed E-state index contributed by atoms with van der Waals surface area (Å²) in [4.78, 5) is 12.0. The molecule has 0 radical (unpaired) electrons. The summed E-state index contributed by atoms with van der Waals surface area (Å²) in [6.07, 6.45) is 0.749. The van der Waals surface area contributed by atoms with Crippen LogP contribution in [0, 0.1) is 0 Å². The van der Waals surface area contributed by atoms with Gasteiger partial charge in [0.1, 0.15) is 5.75 Å². The summed E-state index contributed by atoms with van der Waals surface area (Å²) >= 11 is 5.97. The van der Waals surface area contributed by atoms with Gasteiger partial charge in [0.15, 0.2) is 5.78 Å². The summed E-state index contributed by atoms with van der Waals surface area (Å²) in [6, 6.07) is 4.91. The van der Waals surface area contributed by atoms with E-state index in [9.17, 15) is 4.79 Å². The first-order valence-corrected chi connectivity index (χ1v) is 5.56. The first kappa shape index (κ1) is 13.0. The third-order valence-corrected chi connectivity index (χ3v) is 2.80. The maximum absolute atomic E-state index is 12.0. The van der Waals surface area contributed by atoms with E-state index in [2.05, 4.69) is 5.32 Å². The maximum atomic E-state index is 12.0. The number of nitrogens with one attached hydrogen (secondary N) is 1. The minimum Gasteiger partial charge on any atom is -0.495 e. The Labute approximate surface area is 101 Å². The van der Waals surface area contributed by atoms with Gasteiger partial charge in [-0.3, -0.25) is 4.79 Å². The number of carbonyl (C=O) groups excluding carboxylic acids is 1. The molecular weight excluding hydrogens is 226 g/mol. The highest BCUT2D eigenvalue weighted by atomic mass is 35.5. The highest BCUT2D eigenvalue weighted by Crippen LogP contribution is 2.25. The Balaban J connectivity index is 2.96. The second kappa shape index (κ2) is 5.87. The van der Waals surface area contributed by atoms with Gasteiger partial charge in [-0.2, -0.15) is 0 Å². The molecule has 0 aliphatic heterocycles. The molecule has 1 unspecified atom stereocenters. The van der Waals surface area contributed by atoms with Gasteiger partial charge in [-0.1, -0.05) is 18.5 Å². The lowest BCUT2D eigenvalue weighted by Crippen LogP contribution is -2.33. The van der Waals surface area contributed by atoms with Crippen LogP contribution in [0.3, 0.4) is 0 Å². The number of ether oxygens (including phenoxy) is 1. The molecule has 16 heavy (non-hydrogen) atoms. The summed E-state index contributed by atoms with van der Waals surface area (Å²) < 4.78 is 5.03. The first-order valence-electron chi connectivity index (χ1n) is 5.19. The molecular formula is C12H16ClNO2. The third-order valence-electron chi connectivity index (χ3n) is 2.51. The molecule has 0 saturated carbocycles. The lowest BCUT2D eigenvalue weighted by atomic mass is 10.0. The average Bonchev–Trinajstić information content (AvgIpc) is 2.30. The van der Waals surface area contributed by atoms with E-state index in [4.69, 9.17) is 16.3 Å². The number of hydrogen-bond acceptors (Lipinski definition) is 3. The molecule has 0 heterocycles. The van der Waals surface area contributed by atoms with Crippen LogP contribution in [0.2, 0.25) is 5.02 Å². The van der Waals surface area contributed by atoms with Crippen LogP contribution in [0.25, 0.3) is 0 Å². The normalized spacial score (nSPS) is 12.2. The average molecular weight is 242 g/mol. The van der Waals surface area contributed by atoms with Crippen LogP contribution in [0.4, 0.5) is 0 Å². The van der Waals surface area contributed by atoms with Crippen LogP contribution < -0.4 is 10.1 Å². The second-order valence-electron chi connectivity index (χ2n) is 3.46. The second-order valence-corrected chi connectivity index (χ2v) is 3.87. The number of hydrogen-bond donors (Lipinski definition) is 1. The van der Waals surface area contributed by atoms with E-state index in [1.54, 1.807) is 32.4 Å². The molecule has 1 aromatic carbocycles. The van der Waals surface area contributed by atoms with Gasteiger partial charge in [0.05, 0.1) is 18.2 Å². The summed E-state index contributed by atoms with van der Waals surface area (Å²) in [5.41, 5.74) is 0.604. The molecule has 88 valence electrons. The molecule has 0 fully saturated rings. The largest absolute Gasteiger partial charge is 0.495 e. The molecule has 1 N–H and O–H groups in total. The van der Waals surface area contributed by atoms with E-state index in [0.717, 1.165) is 6.42 Å². The molecule has 0 aliphatic rings. The zero-order valence-electron chi connectivity index (χ0n) is 9.71. The molecule has 1 aromatic rings. The van der Waals surface area contributed by atoms with E-state index < -0.39 is 0 Å². The highest BCUT2D eigenvalue weighted by molar-refractivity contribution is 6.32. The van der Waals surface area contributed by atoms with Gasteiger partial charge in [-0.25, -0.2) is 0 Å². The fourth-order valence-electron chi connectivity index (χ4n) is 1.54. The number of benzene rings is 1. The number of ketones is 1. The standard InChI is InChI=1S/C12H16ClNO2/c1-4-10(14-2)12(15)8-5-6-11(16-3)9(13)7-8/h5-7,10,14H,4H2,1-3H3. The van der Waals surface area contributed by atoms with Crippen molar-refractivity contribution in [2.45, 2.75) is 19.4 Å². The van der Waals surface area contributed by atoms with Crippen molar-refractivity contribution in [3.05, 3.63) is 28.8 Å². The lowest BCUT2D eigenvalue weighted by molar-refractivity contribution is 0.0945. The van der Waals surface area contributed by atoms with Crippen LogP contribution in [0.15, 0.2) is 18.2 Å².